The topological polar surface area (TPSA) is 64.5 Å². The highest BCUT2D eigenvalue weighted by molar-refractivity contribution is 6.25. The van der Waals surface area contributed by atoms with E-state index in [4.69, 9.17) is 15.0 Å². The Hall–Kier alpha value is -8.41. The summed E-state index contributed by atoms with van der Waals surface area (Å²) in [5, 5.41) is 9.74. The first kappa shape index (κ1) is 35.5. The van der Waals surface area contributed by atoms with Gasteiger partial charge in [-0.3, -0.25) is 9.97 Å². The van der Waals surface area contributed by atoms with Crippen molar-refractivity contribution in [3.8, 4) is 67.5 Å². The molecular weight excluding hydrogens is 755 g/mol. The van der Waals surface area contributed by atoms with Crippen LogP contribution in [0, 0.1) is 0 Å². The predicted molar refractivity (Wildman–Crippen MR) is 256 cm³/mol. The van der Waals surface area contributed by atoms with Crippen molar-refractivity contribution in [3.63, 3.8) is 0 Å². The Kier molecular flexibility index (Phi) is 8.42. The van der Waals surface area contributed by atoms with Gasteiger partial charge in [-0.25, -0.2) is 15.0 Å². The largest absolute Gasteiger partial charge is 0.255 e. The number of pyridine rings is 5. The molecule has 0 unspecified atom stereocenters. The monoisotopic (exact) mass is 789 g/mol. The van der Waals surface area contributed by atoms with Crippen molar-refractivity contribution in [2.24, 2.45) is 0 Å². The third kappa shape index (κ3) is 6.23. The second-order valence-corrected chi connectivity index (χ2v) is 15.7. The van der Waals surface area contributed by atoms with Gasteiger partial charge in [-0.15, -0.1) is 0 Å². The minimum Gasteiger partial charge on any atom is -0.255 e. The second kappa shape index (κ2) is 14.7. The van der Waals surface area contributed by atoms with Crippen molar-refractivity contribution in [1.29, 1.82) is 0 Å². The van der Waals surface area contributed by atoms with Gasteiger partial charge in [0.05, 0.1) is 45.2 Å². The van der Waals surface area contributed by atoms with Gasteiger partial charge >= 0.3 is 0 Å². The third-order valence-electron chi connectivity index (χ3n) is 11.9. The van der Waals surface area contributed by atoms with Crippen LogP contribution in [-0.4, -0.2) is 24.9 Å². The van der Waals surface area contributed by atoms with E-state index < -0.39 is 0 Å². The highest BCUT2D eigenvalue weighted by atomic mass is 14.8. The lowest BCUT2D eigenvalue weighted by Crippen LogP contribution is -1.94. The number of benzene rings is 7. The molecule has 288 valence electrons. The fourth-order valence-corrected chi connectivity index (χ4v) is 8.86. The molecule has 0 radical (unpaired) electrons. The standard InChI is InChI=1S/C57H35N5/c1-2-14-46-44(12-1)45-13-3-4-15-47(45)49-33-41(24-27-48(46)49)40-10-9-11-42(32-40)51-29-26-39-23-22-38-25-28-50(61-56(38)57(39)62-51)37-20-18-36(19-21-37)43-34-54(52-16-5-7-30-58-52)60-55(35-43)53-17-6-8-31-59-53/h1-35H. The average molecular weight is 790 g/mol. The van der Waals surface area contributed by atoms with E-state index >= 15 is 0 Å². The summed E-state index contributed by atoms with van der Waals surface area (Å²) in [6.45, 7) is 0. The molecule has 5 aromatic heterocycles. The Labute approximate surface area is 357 Å². The molecule has 0 aliphatic heterocycles. The summed E-state index contributed by atoms with van der Waals surface area (Å²) in [4.78, 5) is 24.7. The van der Waals surface area contributed by atoms with E-state index in [1.807, 2.05) is 36.4 Å². The molecule has 0 fully saturated rings. The zero-order valence-corrected chi connectivity index (χ0v) is 33.4. The number of hydrogen-bond donors (Lipinski definition) is 0. The molecule has 12 aromatic rings. The molecule has 5 heterocycles. The Morgan fingerprint density at radius 1 is 0.226 bits per heavy atom. The van der Waals surface area contributed by atoms with E-state index in [2.05, 4.69) is 174 Å². The minimum atomic E-state index is 0.797. The summed E-state index contributed by atoms with van der Waals surface area (Å²) in [7, 11) is 0. The van der Waals surface area contributed by atoms with Crippen molar-refractivity contribution in [2.75, 3.05) is 0 Å². The highest BCUT2D eigenvalue weighted by Crippen LogP contribution is 2.38. The lowest BCUT2D eigenvalue weighted by atomic mass is 9.91. The van der Waals surface area contributed by atoms with Gasteiger partial charge in [-0.1, -0.05) is 140 Å². The second-order valence-electron chi connectivity index (χ2n) is 15.7. The first-order chi connectivity index (χ1) is 30.7. The molecule has 0 aliphatic rings. The summed E-state index contributed by atoms with van der Waals surface area (Å²) in [6.07, 6.45) is 3.59. The Morgan fingerprint density at radius 2 is 0.694 bits per heavy atom. The van der Waals surface area contributed by atoms with E-state index in [1.54, 1.807) is 12.4 Å². The van der Waals surface area contributed by atoms with Crippen molar-refractivity contribution >= 4 is 54.1 Å². The van der Waals surface area contributed by atoms with Gasteiger partial charge < -0.3 is 0 Å². The third-order valence-corrected chi connectivity index (χ3v) is 11.9. The summed E-state index contributed by atoms with van der Waals surface area (Å²) in [5.74, 6) is 0. The van der Waals surface area contributed by atoms with Gasteiger partial charge in [0, 0.05) is 34.3 Å². The molecular formula is C57H35N5. The predicted octanol–water partition coefficient (Wildman–Crippen LogP) is 14.4. The normalized spacial score (nSPS) is 11.5. The number of aromatic nitrogens is 5. The summed E-state index contributed by atoms with van der Waals surface area (Å²) in [6, 6.07) is 70.3. The fraction of sp³-hybridized carbons (Fsp3) is 0. The Bertz CT molecular complexity index is 3590. The van der Waals surface area contributed by atoms with Crippen LogP contribution in [0.2, 0.25) is 0 Å². The van der Waals surface area contributed by atoms with Crippen LogP contribution in [0.25, 0.3) is 122 Å². The van der Waals surface area contributed by atoms with Gasteiger partial charge in [0.1, 0.15) is 0 Å². The van der Waals surface area contributed by atoms with Crippen LogP contribution in [-0.2, 0) is 0 Å². The van der Waals surface area contributed by atoms with E-state index in [9.17, 15) is 0 Å². The van der Waals surface area contributed by atoms with Crippen LogP contribution in [0.4, 0.5) is 0 Å². The molecule has 0 saturated heterocycles. The molecule has 12 rings (SSSR count). The molecule has 0 bridgehead atoms. The van der Waals surface area contributed by atoms with Crippen LogP contribution >= 0.6 is 0 Å². The zero-order chi connectivity index (χ0) is 41.0. The van der Waals surface area contributed by atoms with Crippen LogP contribution < -0.4 is 0 Å². The number of hydrogen-bond acceptors (Lipinski definition) is 5. The molecule has 0 saturated carbocycles. The molecule has 0 atom stereocenters. The van der Waals surface area contributed by atoms with Crippen molar-refractivity contribution in [1.82, 2.24) is 24.9 Å². The molecule has 0 aliphatic carbocycles. The molecule has 0 spiro atoms. The Balaban J connectivity index is 0.900. The molecule has 5 nitrogen and oxygen atoms in total. The van der Waals surface area contributed by atoms with Crippen molar-refractivity contribution in [2.45, 2.75) is 0 Å². The lowest BCUT2D eigenvalue weighted by molar-refractivity contribution is 1.22. The van der Waals surface area contributed by atoms with Gasteiger partial charge in [0.25, 0.3) is 0 Å². The fourth-order valence-electron chi connectivity index (χ4n) is 8.86. The number of rotatable bonds is 6. The maximum Gasteiger partial charge on any atom is 0.0972 e. The number of nitrogens with zero attached hydrogens (tertiary/aromatic N) is 5. The van der Waals surface area contributed by atoms with Gasteiger partial charge in [-0.2, -0.15) is 0 Å². The van der Waals surface area contributed by atoms with Crippen molar-refractivity contribution < 1.29 is 0 Å². The summed E-state index contributed by atoms with van der Waals surface area (Å²) in [5.41, 5.74) is 13.3. The van der Waals surface area contributed by atoms with Crippen LogP contribution in [0.15, 0.2) is 213 Å². The zero-order valence-electron chi connectivity index (χ0n) is 33.4. The van der Waals surface area contributed by atoms with E-state index in [-0.39, 0.29) is 0 Å². The van der Waals surface area contributed by atoms with E-state index in [1.165, 1.54) is 37.9 Å². The smallest absolute Gasteiger partial charge is 0.0972 e. The van der Waals surface area contributed by atoms with Gasteiger partial charge in [-0.05, 0) is 115 Å². The highest BCUT2D eigenvalue weighted by Gasteiger charge is 2.14. The van der Waals surface area contributed by atoms with Gasteiger partial charge in [0.2, 0.25) is 0 Å². The maximum absolute atomic E-state index is 5.31. The maximum atomic E-state index is 5.31. The first-order valence-corrected chi connectivity index (χ1v) is 20.8. The molecule has 7 aromatic carbocycles. The first-order valence-electron chi connectivity index (χ1n) is 20.8. The average Bonchev–Trinajstić information content (AvgIpc) is 3.36. The molecule has 0 N–H and O–H groups in total. The van der Waals surface area contributed by atoms with Crippen LogP contribution in [0.5, 0.6) is 0 Å². The Morgan fingerprint density at radius 3 is 1.27 bits per heavy atom. The summed E-state index contributed by atoms with van der Waals surface area (Å²) < 4.78 is 0. The van der Waals surface area contributed by atoms with E-state index in [0.29, 0.717) is 0 Å². The van der Waals surface area contributed by atoms with E-state index in [0.717, 1.165) is 83.8 Å². The molecule has 0 amide bonds. The molecule has 62 heavy (non-hydrogen) atoms. The quantitative estimate of drug-likeness (QED) is 0.157. The number of fused-ring (bicyclic) bond motifs is 9. The van der Waals surface area contributed by atoms with Crippen LogP contribution in [0.3, 0.4) is 0 Å². The minimum absolute atomic E-state index is 0.797. The summed E-state index contributed by atoms with van der Waals surface area (Å²) >= 11 is 0. The van der Waals surface area contributed by atoms with Crippen LogP contribution in [0.1, 0.15) is 0 Å². The molecule has 5 heteroatoms. The SMILES string of the molecule is c1ccc(-c2cc(-c3ccc(-c4ccc5ccc6ccc(-c7cccc(-c8ccc9c%10ccccc%10c%10ccccc%10c9c8)c7)nc6c5n4)cc3)cc(-c3ccccn3)n2)nc1. The van der Waals surface area contributed by atoms with Crippen molar-refractivity contribution in [3.05, 3.63) is 213 Å². The van der Waals surface area contributed by atoms with Gasteiger partial charge in [0.15, 0.2) is 0 Å². The lowest BCUT2D eigenvalue weighted by Gasteiger charge is -2.13.